The Morgan fingerprint density at radius 3 is 2.68 bits per heavy atom. The molecule has 1 atom stereocenters. The molecule has 1 aliphatic rings. The van der Waals surface area contributed by atoms with E-state index >= 15 is 0 Å². The SMILES string of the molecule is CN=C(NCCC(=O)NC(C)C)NC1CCN(c2ccc(C)cc2)C1. The summed E-state index contributed by atoms with van der Waals surface area (Å²) in [6, 6.07) is 9.20. The van der Waals surface area contributed by atoms with Crippen LogP contribution in [0.2, 0.25) is 0 Å². The molecule has 1 unspecified atom stereocenters. The van der Waals surface area contributed by atoms with Gasteiger partial charge in [-0.05, 0) is 39.3 Å². The molecule has 1 amide bonds. The molecule has 25 heavy (non-hydrogen) atoms. The molecule has 0 aromatic heterocycles. The first-order chi connectivity index (χ1) is 12.0. The number of aryl methyl sites for hydroxylation is 1. The summed E-state index contributed by atoms with van der Waals surface area (Å²) in [5, 5.41) is 9.57. The van der Waals surface area contributed by atoms with E-state index in [0.717, 1.165) is 25.5 Å². The van der Waals surface area contributed by atoms with Crippen LogP contribution >= 0.6 is 0 Å². The highest BCUT2D eigenvalue weighted by Crippen LogP contribution is 2.20. The number of benzene rings is 1. The third-order valence-electron chi connectivity index (χ3n) is 4.25. The van der Waals surface area contributed by atoms with Crippen LogP contribution in [0.3, 0.4) is 0 Å². The number of anilines is 1. The quantitative estimate of drug-likeness (QED) is 0.542. The predicted octanol–water partition coefficient (Wildman–Crippen LogP) is 1.65. The Balaban J connectivity index is 1.75. The van der Waals surface area contributed by atoms with Crippen molar-refractivity contribution in [3.63, 3.8) is 0 Å². The highest BCUT2D eigenvalue weighted by Gasteiger charge is 2.23. The van der Waals surface area contributed by atoms with Crippen molar-refractivity contribution in [2.45, 2.75) is 45.7 Å². The lowest BCUT2D eigenvalue weighted by Gasteiger charge is -2.20. The first kappa shape index (κ1) is 19.1. The van der Waals surface area contributed by atoms with Gasteiger partial charge in [-0.1, -0.05) is 17.7 Å². The number of guanidine groups is 1. The average Bonchev–Trinajstić information content (AvgIpc) is 3.02. The molecule has 1 fully saturated rings. The fourth-order valence-corrected chi connectivity index (χ4v) is 2.94. The number of hydrogen-bond acceptors (Lipinski definition) is 3. The van der Waals surface area contributed by atoms with Gasteiger partial charge in [0.15, 0.2) is 5.96 Å². The van der Waals surface area contributed by atoms with Crippen LogP contribution in [0.15, 0.2) is 29.3 Å². The Morgan fingerprint density at radius 1 is 1.32 bits per heavy atom. The molecule has 2 rings (SSSR count). The standard InChI is InChI=1S/C19H31N5O/c1-14(2)22-18(25)9-11-21-19(20-4)23-16-10-12-24(13-16)17-7-5-15(3)6-8-17/h5-8,14,16H,9-13H2,1-4H3,(H,22,25)(H2,20,21,23). The predicted molar refractivity (Wildman–Crippen MR) is 104 cm³/mol. The lowest BCUT2D eigenvalue weighted by molar-refractivity contribution is -0.121. The fourth-order valence-electron chi connectivity index (χ4n) is 2.94. The second kappa shape index (κ2) is 9.30. The summed E-state index contributed by atoms with van der Waals surface area (Å²) in [4.78, 5) is 18.3. The van der Waals surface area contributed by atoms with Crippen molar-refractivity contribution >= 4 is 17.6 Å². The van der Waals surface area contributed by atoms with E-state index < -0.39 is 0 Å². The number of carbonyl (C=O) groups excluding carboxylic acids is 1. The molecular formula is C19H31N5O. The maximum absolute atomic E-state index is 11.7. The zero-order chi connectivity index (χ0) is 18.2. The van der Waals surface area contributed by atoms with E-state index in [1.54, 1.807) is 7.05 Å². The van der Waals surface area contributed by atoms with Gasteiger partial charge in [0.2, 0.25) is 5.91 Å². The topological polar surface area (TPSA) is 68.8 Å². The zero-order valence-corrected chi connectivity index (χ0v) is 15.8. The summed E-state index contributed by atoms with van der Waals surface area (Å²) < 4.78 is 0. The first-order valence-electron chi connectivity index (χ1n) is 9.06. The summed E-state index contributed by atoms with van der Waals surface area (Å²) in [6.07, 6.45) is 1.52. The molecule has 1 aromatic carbocycles. The number of hydrogen-bond donors (Lipinski definition) is 3. The summed E-state index contributed by atoms with van der Waals surface area (Å²) >= 11 is 0. The third-order valence-corrected chi connectivity index (χ3v) is 4.25. The van der Waals surface area contributed by atoms with E-state index in [2.05, 4.69) is 57.0 Å². The molecule has 1 saturated heterocycles. The van der Waals surface area contributed by atoms with Crippen LogP contribution in [0.25, 0.3) is 0 Å². The van der Waals surface area contributed by atoms with Gasteiger partial charge in [0.1, 0.15) is 0 Å². The van der Waals surface area contributed by atoms with E-state index in [9.17, 15) is 4.79 Å². The molecule has 0 aliphatic carbocycles. The van der Waals surface area contributed by atoms with Gasteiger partial charge in [-0.15, -0.1) is 0 Å². The van der Waals surface area contributed by atoms with Crippen molar-refractivity contribution in [3.8, 4) is 0 Å². The van der Waals surface area contributed by atoms with Gasteiger partial charge >= 0.3 is 0 Å². The van der Waals surface area contributed by atoms with Crippen LogP contribution in [0.1, 0.15) is 32.3 Å². The second-order valence-corrected chi connectivity index (χ2v) is 6.88. The summed E-state index contributed by atoms with van der Waals surface area (Å²) in [5.74, 6) is 0.817. The van der Waals surface area contributed by atoms with Crippen molar-refractivity contribution in [3.05, 3.63) is 29.8 Å². The Hall–Kier alpha value is -2.24. The Morgan fingerprint density at radius 2 is 2.04 bits per heavy atom. The molecule has 1 aliphatic heterocycles. The zero-order valence-electron chi connectivity index (χ0n) is 15.8. The smallest absolute Gasteiger partial charge is 0.221 e. The highest BCUT2D eigenvalue weighted by molar-refractivity contribution is 5.81. The maximum Gasteiger partial charge on any atom is 0.221 e. The number of carbonyl (C=O) groups is 1. The van der Waals surface area contributed by atoms with E-state index in [1.807, 2.05) is 13.8 Å². The van der Waals surface area contributed by atoms with Crippen LogP contribution in [0.4, 0.5) is 5.69 Å². The molecular weight excluding hydrogens is 314 g/mol. The molecule has 6 nitrogen and oxygen atoms in total. The van der Waals surface area contributed by atoms with E-state index in [-0.39, 0.29) is 11.9 Å². The van der Waals surface area contributed by atoms with Crippen LogP contribution < -0.4 is 20.9 Å². The van der Waals surface area contributed by atoms with Crippen molar-refractivity contribution in [1.82, 2.24) is 16.0 Å². The number of amides is 1. The molecule has 0 radical (unpaired) electrons. The van der Waals surface area contributed by atoms with E-state index in [0.29, 0.717) is 19.0 Å². The van der Waals surface area contributed by atoms with Gasteiger partial charge in [0, 0.05) is 50.9 Å². The summed E-state index contributed by atoms with van der Waals surface area (Å²) in [7, 11) is 1.76. The lowest BCUT2D eigenvalue weighted by atomic mass is 10.2. The van der Waals surface area contributed by atoms with Crippen molar-refractivity contribution in [2.75, 3.05) is 31.6 Å². The molecule has 0 bridgehead atoms. The third kappa shape index (κ3) is 6.29. The second-order valence-electron chi connectivity index (χ2n) is 6.88. The normalized spacial score (nSPS) is 17.7. The minimum atomic E-state index is 0.0596. The van der Waals surface area contributed by atoms with Crippen LogP contribution in [0.5, 0.6) is 0 Å². The van der Waals surface area contributed by atoms with Crippen LogP contribution in [-0.2, 0) is 4.79 Å². The largest absolute Gasteiger partial charge is 0.369 e. The Kier molecular flexibility index (Phi) is 7.10. The van der Waals surface area contributed by atoms with E-state index in [4.69, 9.17) is 0 Å². The Bertz CT molecular complexity index is 582. The molecule has 6 heteroatoms. The Labute approximate surface area is 151 Å². The highest BCUT2D eigenvalue weighted by atomic mass is 16.1. The van der Waals surface area contributed by atoms with Gasteiger partial charge in [-0.25, -0.2) is 0 Å². The minimum Gasteiger partial charge on any atom is -0.369 e. The van der Waals surface area contributed by atoms with E-state index in [1.165, 1.54) is 11.3 Å². The van der Waals surface area contributed by atoms with Crippen molar-refractivity contribution < 1.29 is 4.79 Å². The molecule has 3 N–H and O–H groups in total. The minimum absolute atomic E-state index is 0.0596. The number of nitrogens with zero attached hydrogens (tertiary/aromatic N) is 2. The number of rotatable bonds is 6. The van der Waals surface area contributed by atoms with Crippen LogP contribution in [-0.4, -0.2) is 50.6 Å². The molecule has 0 spiro atoms. The van der Waals surface area contributed by atoms with Gasteiger partial charge in [-0.2, -0.15) is 0 Å². The van der Waals surface area contributed by atoms with Gasteiger partial charge in [0.25, 0.3) is 0 Å². The molecule has 138 valence electrons. The number of nitrogens with one attached hydrogen (secondary N) is 3. The average molecular weight is 345 g/mol. The van der Waals surface area contributed by atoms with Gasteiger partial charge < -0.3 is 20.9 Å². The number of aliphatic imine (C=N–C) groups is 1. The maximum atomic E-state index is 11.7. The van der Waals surface area contributed by atoms with Gasteiger partial charge in [0.05, 0.1) is 0 Å². The monoisotopic (exact) mass is 345 g/mol. The van der Waals surface area contributed by atoms with Crippen LogP contribution in [0, 0.1) is 6.92 Å². The molecule has 0 saturated carbocycles. The summed E-state index contributed by atoms with van der Waals surface area (Å²) in [6.45, 7) is 8.60. The van der Waals surface area contributed by atoms with Gasteiger partial charge in [-0.3, -0.25) is 9.79 Å². The summed E-state index contributed by atoms with van der Waals surface area (Å²) in [5.41, 5.74) is 2.55. The molecule has 1 heterocycles. The first-order valence-corrected chi connectivity index (χ1v) is 9.06. The van der Waals surface area contributed by atoms with Crippen molar-refractivity contribution in [2.24, 2.45) is 4.99 Å². The lowest BCUT2D eigenvalue weighted by Crippen LogP contribution is -2.45. The molecule has 1 aromatic rings. The van der Waals surface area contributed by atoms with Crippen molar-refractivity contribution in [1.29, 1.82) is 0 Å². The fraction of sp³-hybridized carbons (Fsp3) is 0.579.